The van der Waals surface area contributed by atoms with Crippen molar-refractivity contribution in [3.05, 3.63) is 34.6 Å². The molecule has 2 aromatic heterocycles. The van der Waals surface area contributed by atoms with E-state index in [2.05, 4.69) is 21.4 Å². The largest absolute Gasteiger partial charge is 0.365 e. The first kappa shape index (κ1) is 9.55. The minimum atomic E-state index is 0.715. The van der Waals surface area contributed by atoms with E-state index in [0.717, 1.165) is 18.1 Å². The number of anilines is 1. The first-order valence-corrected chi connectivity index (χ1v) is 5.51. The third-order valence-corrected chi connectivity index (χ3v) is 2.88. The van der Waals surface area contributed by atoms with Gasteiger partial charge in [-0.15, -0.1) is 0 Å². The molecule has 0 amide bonds. The van der Waals surface area contributed by atoms with E-state index in [4.69, 9.17) is 11.6 Å². The minimum absolute atomic E-state index is 0.715. The van der Waals surface area contributed by atoms with Gasteiger partial charge in [0.1, 0.15) is 4.34 Å². The lowest BCUT2D eigenvalue weighted by Gasteiger charge is -1.99. The van der Waals surface area contributed by atoms with Gasteiger partial charge in [0, 0.05) is 24.9 Å². The van der Waals surface area contributed by atoms with Crippen LogP contribution >= 0.6 is 22.9 Å². The Labute approximate surface area is 91.1 Å². The van der Waals surface area contributed by atoms with E-state index in [0.29, 0.717) is 4.34 Å². The second-order valence-corrected chi connectivity index (χ2v) is 4.50. The number of aromatic amines is 1. The lowest BCUT2D eigenvalue weighted by atomic mass is 10.3. The Kier molecular flexibility index (Phi) is 3.06. The van der Waals surface area contributed by atoms with Crippen LogP contribution in [0.2, 0.25) is 4.34 Å². The maximum atomic E-state index is 5.75. The van der Waals surface area contributed by atoms with Gasteiger partial charge in [0.25, 0.3) is 0 Å². The average molecular weight is 228 g/mol. The van der Waals surface area contributed by atoms with E-state index < -0.39 is 0 Å². The maximum absolute atomic E-state index is 5.75. The summed E-state index contributed by atoms with van der Waals surface area (Å²) in [5.74, 6) is 0. The van der Waals surface area contributed by atoms with Gasteiger partial charge in [-0.1, -0.05) is 22.9 Å². The van der Waals surface area contributed by atoms with E-state index >= 15 is 0 Å². The molecule has 0 unspecified atom stereocenters. The zero-order valence-corrected chi connectivity index (χ0v) is 9.03. The van der Waals surface area contributed by atoms with Crippen molar-refractivity contribution in [1.29, 1.82) is 0 Å². The third-order valence-electron chi connectivity index (χ3n) is 1.81. The molecule has 0 bridgehead atoms. The van der Waals surface area contributed by atoms with Crippen LogP contribution in [0.5, 0.6) is 0 Å². The molecule has 0 saturated heterocycles. The minimum Gasteiger partial charge on any atom is -0.365 e. The van der Waals surface area contributed by atoms with Crippen LogP contribution in [-0.2, 0) is 6.42 Å². The van der Waals surface area contributed by atoms with Crippen molar-refractivity contribution >= 4 is 28.1 Å². The SMILES string of the molecule is Clc1cnc(NCCc2ccc[nH]2)s1. The fourth-order valence-electron chi connectivity index (χ4n) is 1.16. The summed E-state index contributed by atoms with van der Waals surface area (Å²) >= 11 is 7.21. The van der Waals surface area contributed by atoms with Gasteiger partial charge in [0.05, 0.1) is 6.20 Å². The summed E-state index contributed by atoms with van der Waals surface area (Å²) in [7, 11) is 0. The van der Waals surface area contributed by atoms with Crippen molar-refractivity contribution < 1.29 is 0 Å². The zero-order valence-electron chi connectivity index (χ0n) is 7.46. The summed E-state index contributed by atoms with van der Waals surface area (Å²) in [5.41, 5.74) is 1.22. The molecule has 0 aliphatic rings. The Morgan fingerprint density at radius 2 is 2.50 bits per heavy atom. The molecule has 2 aromatic rings. The molecular formula is C9H10ClN3S. The molecule has 0 atom stereocenters. The van der Waals surface area contributed by atoms with Gasteiger partial charge in [0.2, 0.25) is 0 Å². The fraction of sp³-hybridized carbons (Fsp3) is 0.222. The van der Waals surface area contributed by atoms with Crippen LogP contribution in [0, 0.1) is 0 Å². The molecule has 0 fully saturated rings. The van der Waals surface area contributed by atoms with E-state index in [1.807, 2.05) is 12.3 Å². The van der Waals surface area contributed by atoms with E-state index in [1.165, 1.54) is 17.0 Å². The van der Waals surface area contributed by atoms with Crippen molar-refractivity contribution in [2.75, 3.05) is 11.9 Å². The summed E-state index contributed by atoms with van der Waals surface area (Å²) in [5, 5.41) is 4.08. The molecule has 0 saturated carbocycles. The van der Waals surface area contributed by atoms with Crippen LogP contribution in [0.1, 0.15) is 5.69 Å². The Balaban J connectivity index is 1.78. The molecule has 0 spiro atoms. The second-order valence-electron chi connectivity index (χ2n) is 2.84. The van der Waals surface area contributed by atoms with E-state index in [-0.39, 0.29) is 0 Å². The molecule has 14 heavy (non-hydrogen) atoms. The maximum Gasteiger partial charge on any atom is 0.184 e. The number of aromatic nitrogens is 2. The van der Waals surface area contributed by atoms with Gasteiger partial charge in [0.15, 0.2) is 5.13 Å². The second kappa shape index (κ2) is 4.48. The van der Waals surface area contributed by atoms with E-state index in [1.54, 1.807) is 6.20 Å². The number of nitrogens with zero attached hydrogens (tertiary/aromatic N) is 1. The highest BCUT2D eigenvalue weighted by Crippen LogP contribution is 2.22. The molecular weight excluding hydrogens is 218 g/mol. The van der Waals surface area contributed by atoms with Crippen LogP contribution in [0.15, 0.2) is 24.5 Å². The number of hydrogen-bond acceptors (Lipinski definition) is 3. The zero-order chi connectivity index (χ0) is 9.80. The van der Waals surface area contributed by atoms with Crippen molar-refractivity contribution in [1.82, 2.24) is 9.97 Å². The van der Waals surface area contributed by atoms with Crippen molar-refractivity contribution in [2.45, 2.75) is 6.42 Å². The molecule has 2 rings (SSSR count). The number of nitrogens with one attached hydrogen (secondary N) is 2. The molecule has 3 nitrogen and oxygen atoms in total. The molecule has 2 heterocycles. The summed E-state index contributed by atoms with van der Waals surface area (Å²) in [4.78, 5) is 7.25. The molecule has 74 valence electrons. The highest BCUT2D eigenvalue weighted by Gasteiger charge is 1.98. The summed E-state index contributed by atoms with van der Waals surface area (Å²) < 4.78 is 0.715. The number of hydrogen-bond donors (Lipinski definition) is 2. The molecule has 5 heteroatoms. The van der Waals surface area contributed by atoms with Crippen molar-refractivity contribution in [3.63, 3.8) is 0 Å². The molecule has 2 N–H and O–H groups in total. The van der Waals surface area contributed by atoms with Crippen molar-refractivity contribution in [3.8, 4) is 0 Å². The first-order chi connectivity index (χ1) is 6.84. The van der Waals surface area contributed by atoms with Gasteiger partial charge in [-0.2, -0.15) is 0 Å². The Morgan fingerprint density at radius 1 is 1.57 bits per heavy atom. The highest BCUT2D eigenvalue weighted by atomic mass is 35.5. The van der Waals surface area contributed by atoms with E-state index in [9.17, 15) is 0 Å². The van der Waals surface area contributed by atoms with Crippen LogP contribution in [0.3, 0.4) is 0 Å². The van der Waals surface area contributed by atoms with Crippen LogP contribution in [0.25, 0.3) is 0 Å². The number of H-pyrrole nitrogens is 1. The predicted octanol–water partition coefficient (Wildman–Crippen LogP) is 2.78. The molecule has 0 radical (unpaired) electrons. The third kappa shape index (κ3) is 2.49. The smallest absolute Gasteiger partial charge is 0.184 e. The van der Waals surface area contributed by atoms with Crippen molar-refractivity contribution in [2.24, 2.45) is 0 Å². The normalized spacial score (nSPS) is 10.4. The summed E-state index contributed by atoms with van der Waals surface area (Å²) in [6.45, 7) is 0.865. The Hall–Kier alpha value is -1.00. The topological polar surface area (TPSA) is 40.7 Å². The lowest BCUT2D eigenvalue weighted by molar-refractivity contribution is 0.974. The molecule has 0 aliphatic heterocycles. The highest BCUT2D eigenvalue weighted by molar-refractivity contribution is 7.19. The molecule has 0 aliphatic carbocycles. The first-order valence-electron chi connectivity index (χ1n) is 4.32. The summed E-state index contributed by atoms with van der Waals surface area (Å²) in [6, 6.07) is 4.06. The average Bonchev–Trinajstić information content (AvgIpc) is 2.77. The van der Waals surface area contributed by atoms with Crippen LogP contribution in [0.4, 0.5) is 5.13 Å². The monoisotopic (exact) mass is 227 g/mol. The molecule has 0 aromatic carbocycles. The van der Waals surface area contributed by atoms with Crippen LogP contribution < -0.4 is 5.32 Å². The number of halogens is 1. The fourth-order valence-corrected chi connectivity index (χ4v) is 2.00. The number of thiazole rings is 1. The Morgan fingerprint density at radius 3 is 3.14 bits per heavy atom. The Bertz CT molecular complexity index is 382. The van der Waals surface area contributed by atoms with Gasteiger partial charge in [-0.3, -0.25) is 0 Å². The van der Waals surface area contributed by atoms with Gasteiger partial charge in [-0.05, 0) is 12.1 Å². The standard InChI is InChI=1S/C9H10ClN3S/c10-8-6-13-9(14-8)12-5-3-7-2-1-4-11-7/h1-2,4,6,11H,3,5H2,(H,12,13). The van der Waals surface area contributed by atoms with Gasteiger partial charge >= 0.3 is 0 Å². The number of rotatable bonds is 4. The quantitative estimate of drug-likeness (QED) is 0.844. The van der Waals surface area contributed by atoms with Crippen LogP contribution in [-0.4, -0.2) is 16.5 Å². The predicted molar refractivity (Wildman–Crippen MR) is 60.1 cm³/mol. The van der Waals surface area contributed by atoms with Gasteiger partial charge in [-0.25, -0.2) is 4.98 Å². The summed E-state index contributed by atoms with van der Waals surface area (Å²) in [6.07, 6.45) is 4.54. The lowest BCUT2D eigenvalue weighted by Crippen LogP contribution is -2.04. The van der Waals surface area contributed by atoms with Gasteiger partial charge < -0.3 is 10.3 Å².